The summed E-state index contributed by atoms with van der Waals surface area (Å²) in [4.78, 5) is 12.2. The molecule has 18 heavy (non-hydrogen) atoms. The fourth-order valence-corrected chi connectivity index (χ4v) is 3.38. The molecule has 2 aliphatic rings. The van der Waals surface area contributed by atoms with E-state index >= 15 is 0 Å². The molecule has 0 radical (unpaired) electrons. The lowest BCUT2D eigenvalue weighted by atomic mass is 9.84. The van der Waals surface area contributed by atoms with Gasteiger partial charge in [-0.2, -0.15) is 0 Å². The lowest BCUT2D eigenvalue weighted by Crippen LogP contribution is -2.51. The van der Waals surface area contributed by atoms with E-state index in [9.17, 15) is 4.79 Å². The first-order chi connectivity index (χ1) is 8.66. The molecule has 2 unspecified atom stereocenters. The summed E-state index contributed by atoms with van der Waals surface area (Å²) in [6.45, 7) is 5.41. The van der Waals surface area contributed by atoms with Crippen molar-refractivity contribution in [1.29, 1.82) is 0 Å². The van der Waals surface area contributed by atoms with Crippen LogP contribution in [-0.4, -0.2) is 24.5 Å². The van der Waals surface area contributed by atoms with E-state index < -0.39 is 0 Å². The van der Waals surface area contributed by atoms with Gasteiger partial charge in [-0.3, -0.25) is 4.79 Å². The maximum Gasteiger partial charge on any atom is 0.237 e. The topological polar surface area (TPSA) is 41.1 Å². The Balaban J connectivity index is 1.78. The van der Waals surface area contributed by atoms with Crippen LogP contribution in [-0.2, 0) is 4.79 Å². The van der Waals surface area contributed by atoms with Crippen molar-refractivity contribution in [3.8, 4) is 0 Å². The standard InChI is InChI=1S/C15H28N2O/c1-11-8-9-16-14(10-11)15(18)17-12(2)13-6-4-3-5-7-13/h11-14,16H,3-10H2,1-2H3,(H,17,18)/t11?,12-,14?/m0/s1. The normalized spacial score (nSPS) is 31.9. The SMILES string of the molecule is CC1CCNC(C(=O)N[C@@H](C)C2CCCCC2)C1. The van der Waals surface area contributed by atoms with E-state index in [1.54, 1.807) is 0 Å². The lowest BCUT2D eigenvalue weighted by molar-refractivity contribution is -0.125. The Morgan fingerprint density at radius 1 is 1.22 bits per heavy atom. The summed E-state index contributed by atoms with van der Waals surface area (Å²) in [6, 6.07) is 0.386. The largest absolute Gasteiger partial charge is 0.352 e. The molecule has 1 saturated carbocycles. The van der Waals surface area contributed by atoms with E-state index in [1.807, 2.05) is 0 Å². The van der Waals surface area contributed by atoms with Crippen LogP contribution in [0.25, 0.3) is 0 Å². The van der Waals surface area contributed by atoms with Crippen LogP contribution in [0.15, 0.2) is 0 Å². The third kappa shape index (κ3) is 3.71. The summed E-state index contributed by atoms with van der Waals surface area (Å²) in [5.41, 5.74) is 0. The van der Waals surface area contributed by atoms with Crippen LogP contribution in [0.1, 0.15) is 58.8 Å². The molecular weight excluding hydrogens is 224 g/mol. The first-order valence-electron chi connectivity index (χ1n) is 7.70. The van der Waals surface area contributed by atoms with Gasteiger partial charge in [-0.1, -0.05) is 26.2 Å². The van der Waals surface area contributed by atoms with Gasteiger partial charge in [0.25, 0.3) is 0 Å². The molecule has 1 amide bonds. The van der Waals surface area contributed by atoms with Gasteiger partial charge < -0.3 is 10.6 Å². The van der Waals surface area contributed by atoms with Crippen molar-refractivity contribution in [2.24, 2.45) is 11.8 Å². The Labute approximate surface area is 111 Å². The molecule has 3 nitrogen and oxygen atoms in total. The second-order valence-corrected chi connectivity index (χ2v) is 6.33. The summed E-state index contributed by atoms with van der Waals surface area (Å²) in [5, 5.41) is 6.58. The highest BCUT2D eigenvalue weighted by Gasteiger charge is 2.27. The monoisotopic (exact) mass is 252 g/mol. The summed E-state index contributed by atoms with van der Waals surface area (Å²) in [6.07, 6.45) is 8.81. The van der Waals surface area contributed by atoms with Crippen molar-refractivity contribution in [3.05, 3.63) is 0 Å². The minimum atomic E-state index is 0.0415. The van der Waals surface area contributed by atoms with Gasteiger partial charge >= 0.3 is 0 Å². The Kier molecular flexibility index (Phi) is 5.04. The van der Waals surface area contributed by atoms with E-state index in [2.05, 4.69) is 24.5 Å². The maximum absolute atomic E-state index is 12.2. The van der Waals surface area contributed by atoms with Crippen molar-refractivity contribution < 1.29 is 4.79 Å². The van der Waals surface area contributed by atoms with Crippen LogP contribution in [0.5, 0.6) is 0 Å². The molecule has 0 spiro atoms. The summed E-state index contributed by atoms with van der Waals surface area (Å²) >= 11 is 0. The van der Waals surface area contributed by atoms with Crippen LogP contribution < -0.4 is 10.6 Å². The molecule has 2 rings (SSSR count). The second-order valence-electron chi connectivity index (χ2n) is 6.33. The molecular formula is C15H28N2O. The molecule has 3 atom stereocenters. The first-order valence-corrected chi connectivity index (χ1v) is 7.70. The van der Waals surface area contributed by atoms with Gasteiger partial charge in [0.1, 0.15) is 0 Å². The zero-order valence-electron chi connectivity index (χ0n) is 11.9. The number of carbonyl (C=O) groups is 1. The molecule has 0 bridgehead atoms. The summed E-state index contributed by atoms with van der Waals surface area (Å²) in [5.74, 6) is 1.59. The van der Waals surface area contributed by atoms with Crippen molar-refractivity contribution in [3.63, 3.8) is 0 Å². The molecule has 104 valence electrons. The van der Waals surface area contributed by atoms with Crippen molar-refractivity contribution in [1.82, 2.24) is 10.6 Å². The molecule has 3 heteroatoms. The molecule has 0 aromatic carbocycles. The fraction of sp³-hybridized carbons (Fsp3) is 0.933. The number of hydrogen-bond acceptors (Lipinski definition) is 2. The van der Waals surface area contributed by atoms with Gasteiger partial charge in [-0.15, -0.1) is 0 Å². The molecule has 0 aromatic heterocycles. The number of rotatable bonds is 3. The second kappa shape index (κ2) is 6.55. The maximum atomic E-state index is 12.2. The number of hydrogen-bond donors (Lipinski definition) is 2. The van der Waals surface area contributed by atoms with Crippen molar-refractivity contribution in [2.75, 3.05) is 6.54 Å². The third-order valence-corrected chi connectivity index (χ3v) is 4.71. The Morgan fingerprint density at radius 2 is 1.94 bits per heavy atom. The van der Waals surface area contributed by atoms with Gasteiger partial charge in [0.15, 0.2) is 0 Å². The third-order valence-electron chi connectivity index (χ3n) is 4.71. The highest BCUT2D eigenvalue weighted by atomic mass is 16.2. The lowest BCUT2D eigenvalue weighted by Gasteiger charge is -2.32. The molecule has 0 aromatic rings. The average Bonchev–Trinajstić information content (AvgIpc) is 2.39. The molecule has 1 heterocycles. The van der Waals surface area contributed by atoms with Gasteiger partial charge in [-0.05, 0) is 51.0 Å². The Bertz CT molecular complexity index is 274. The van der Waals surface area contributed by atoms with Gasteiger partial charge in [0, 0.05) is 6.04 Å². The average molecular weight is 252 g/mol. The zero-order chi connectivity index (χ0) is 13.0. The summed E-state index contributed by atoms with van der Waals surface area (Å²) in [7, 11) is 0. The van der Waals surface area contributed by atoms with E-state index in [4.69, 9.17) is 0 Å². The predicted molar refractivity (Wildman–Crippen MR) is 74.4 cm³/mol. The van der Waals surface area contributed by atoms with Gasteiger partial charge in [0.2, 0.25) is 5.91 Å². The number of carbonyl (C=O) groups excluding carboxylic acids is 1. The van der Waals surface area contributed by atoms with E-state index in [1.165, 1.54) is 38.5 Å². The highest BCUT2D eigenvalue weighted by molar-refractivity contribution is 5.82. The molecule has 1 saturated heterocycles. The zero-order valence-corrected chi connectivity index (χ0v) is 11.9. The minimum Gasteiger partial charge on any atom is -0.352 e. The van der Waals surface area contributed by atoms with E-state index in [0.717, 1.165) is 13.0 Å². The van der Waals surface area contributed by atoms with Crippen LogP contribution >= 0.6 is 0 Å². The smallest absolute Gasteiger partial charge is 0.237 e. The Hall–Kier alpha value is -0.570. The minimum absolute atomic E-state index is 0.0415. The predicted octanol–water partition coefficient (Wildman–Crippen LogP) is 2.46. The van der Waals surface area contributed by atoms with Crippen LogP contribution in [0.2, 0.25) is 0 Å². The van der Waals surface area contributed by atoms with Gasteiger partial charge in [-0.25, -0.2) is 0 Å². The fourth-order valence-electron chi connectivity index (χ4n) is 3.38. The molecule has 2 fully saturated rings. The first kappa shape index (κ1) is 13.9. The molecule has 1 aliphatic carbocycles. The van der Waals surface area contributed by atoms with Crippen LogP contribution in [0.3, 0.4) is 0 Å². The number of amides is 1. The van der Waals surface area contributed by atoms with Gasteiger partial charge in [0.05, 0.1) is 6.04 Å². The van der Waals surface area contributed by atoms with Crippen molar-refractivity contribution in [2.45, 2.75) is 70.9 Å². The Morgan fingerprint density at radius 3 is 2.61 bits per heavy atom. The summed E-state index contributed by atoms with van der Waals surface area (Å²) < 4.78 is 0. The van der Waals surface area contributed by atoms with Crippen LogP contribution in [0, 0.1) is 11.8 Å². The van der Waals surface area contributed by atoms with Crippen LogP contribution in [0.4, 0.5) is 0 Å². The number of nitrogens with one attached hydrogen (secondary N) is 2. The highest BCUT2D eigenvalue weighted by Crippen LogP contribution is 2.26. The van der Waals surface area contributed by atoms with E-state index in [-0.39, 0.29) is 11.9 Å². The van der Waals surface area contributed by atoms with E-state index in [0.29, 0.717) is 17.9 Å². The van der Waals surface area contributed by atoms with Crippen molar-refractivity contribution >= 4 is 5.91 Å². The molecule has 2 N–H and O–H groups in total. The quantitative estimate of drug-likeness (QED) is 0.810. The molecule has 1 aliphatic heterocycles. The number of piperidine rings is 1.